The number of hydrogen-bond donors (Lipinski definition) is 0. The van der Waals surface area contributed by atoms with Crippen molar-refractivity contribution < 1.29 is 9.18 Å². The maximum absolute atomic E-state index is 13.8. The number of hydrogen-bond acceptors (Lipinski definition) is 4. The molecule has 1 saturated carbocycles. The SMILES string of the molecule is CCc1nc(CN2CCN(C(=O)C3(c4cccc(F)c4)CCCC3)CC2)cs1. The van der Waals surface area contributed by atoms with Crippen LogP contribution in [-0.2, 0) is 23.2 Å². The van der Waals surface area contributed by atoms with Crippen molar-refractivity contribution in [3.05, 3.63) is 51.7 Å². The Balaban J connectivity index is 1.42. The Morgan fingerprint density at radius 1 is 1.21 bits per heavy atom. The zero-order chi connectivity index (χ0) is 19.6. The smallest absolute Gasteiger partial charge is 0.233 e. The van der Waals surface area contributed by atoms with E-state index >= 15 is 0 Å². The van der Waals surface area contributed by atoms with Crippen molar-refractivity contribution in [3.63, 3.8) is 0 Å². The summed E-state index contributed by atoms with van der Waals surface area (Å²) in [5, 5.41) is 3.33. The second kappa shape index (κ2) is 8.29. The summed E-state index contributed by atoms with van der Waals surface area (Å²) in [7, 11) is 0. The van der Waals surface area contributed by atoms with Gasteiger partial charge in [-0.15, -0.1) is 11.3 Å². The minimum Gasteiger partial charge on any atom is -0.339 e. The fraction of sp³-hybridized carbons (Fsp3) is 0.545. The average Bonchev–Trinajstić information content (AvgIpc) is 3.38. The molecule has 1 aromatic heterocycles. The lowest BCUT2D eigenvalue weighted by Gasteiger charge is -2.40. The zero-order valence-electron chi connectivity index (χ0n) is 16.5. The lowest BCUT2D eigenvalue weighted by Crippen LogP contribution is -2.53. The monoisotopic (exact) mass is 401 g/mol. The van der Waals surface area contributed by atoms with Gasteiger partial charge in [-0.25, -0.2) is 9.37 Å². The molecule has 0 unspecified atom stereocenters. The minimum absolute atomic E-state index is 0.192. The van der Waals surface area contributed by atoms with E-state index in [1.54, 1.807) is 23.5 Å². The summed E-state index contributed by atoms with van der Waals surface area (Å²) >= 11 is 1.73. The van der Waals surface area contributed by atoms with E-state index in [1.165, 1.54) is 11.1 Å². The summed E-state index contributed by atoms with van der Waals surface area (Å²) in [5.74, 6) is -0.0618. The van der Waals surface area contributed by atoms with E-state index in [9.17, 15) is 9.18 Å². The van der Waals surface area contributed by atoms with Crippen LogP contribution in [0.25, 0.3) is 0 Å². The maximum atomic E-state index is 13.8. The van der Waals surface area contributed by atoms with E-state index in [1.807, 2.05) is 11.0 Å². The summed E-state index contributed by atoms with van der Waals surface area (Å²) in [4.78, 5) is 22.6. The lowest BCUT2D eigenvalue weighted by molar-refractivity contribution is -0.139. The van der Waals surface area contributed by atoms with Crippen molar-refractivity contribution in [2.75, 3.05) is 26.2 Å². The van der Waals surface area contributed by atoms with Gasteiger partial charge in [-0.05, 0) is 37.0 Å². The topological polar surface area (TPSA) is 36.4 Å². The number of amides is 1. The normalized spacial score (nSPS) is 19.9. The van der Waals surface area contributed by atoms with Gasteiger partial charge in [-0.1, -0.05) is 31.9 Å². The van der Waals surface area contributed by atoms with Gasteiger partial charge < -0.3 is 4.90 Å². The van der Waals surface area contributed by atoms with Gasteiger partial charge in [-0.2, -0.15) is 0 Å². The molecular formula is C22H28FN3OS. The molecule has 2 heterocycles. The van der Waals surface area contributed by atoms with E-state index in [0.717, 1.165) is 76.1 Å². The van der Waals surface area contributed by atoms with Crippen molar-refractivity contribution in [1.29, 1.82) is 0 Å². The zero-order valence-corrected chi connectivity index (χ0v) is 17.3. The predicted octanol–water partition coefficient (Wildman–Crippen LogP) is 4.00. The number of aryl methyl sites for hydroxylation is 1. The average molecular weight is 402 g/mol. The highest BCUT2D eigenvalue weighted by Crippen LogP contribution is 2.43. The number of aromatic nitrogens is 1. The van der Waals surface area contributed by atoms with Crippen LogP contribution in [0, 0.1) is 5.82 Å². The molecule has 1 aromatic carbocycles. The van der Waals surface area contributed by atoms with Crippen LogP contribution < -0.4 is 0 Å². The summed E-state index contributed by atoms with van der Waals surface area (Å²) < 4.78 is 13.8. The summed E-state index contributed by atoms with van der Waals surface area (Å²) in [6.07, 6.45) is 4.70. The van der Waals surface area contributed by atoms with Crippen LogP contribution in [0.15, 0.2) is 29.6 Å². The first-order valence-corrected chi connectivity index (χ1v) is 11.2. The molecule has 0 bridgehead atoms. The molecule has 1 aliphatic carbocycles. The molecule has 0 spiro atoms. The fourth-order valence-corrected chi connectivity index (χ4v) is 5.35. The van der Waals surface area contributed by atoms with Crippen LogP contribution in [0.4, 0.5) is 4.39 Å². The molecule has 2 fully saturated rings. The molecule has 1 amide bonds. The minimum atomic E-state index is -0.533. The number of rotatable bonds is 5. The molecule has 4 rings (SSSR count). The Bertz CT molecular complexity index is 823. The molecular weight excluding hydrogens is 373 g/mol. The number of thiazole rings is 1. The first-order chi connectivity index (χ1) is 13.6. The van der Waals surface area contributed by atoms with Crippen molar-refractivity contribution >= 4 is 17.2 Å². The number of halogens is 1. The van der Waals surface area contributed by atoms with Gasteiger partial charge in [0.2, 0.25) is 5.91 Å². The van der Waals surface area contributed by atoms with Gasteiger partial charge in [0.15, 0.2) is 0 Å². The van der Waals surface area contributed by atoms with Gasteiger partial charge in [0.05, 0.1) is 16.1 Å². The third kappa shape index (κ3) is 3.85. The Labute approximate surface area is 170 Å². The van der Waals surface area contributed by atoms with E-state index in [-0.39, 0.29) is 11.7 Å². The van der Waals surface area contributed by atoms with Crippen LogP contribution in [0.5, 0.6) is 0 Å². The van der Waals surface area contributed by atoms with Crippen molar-refractivity contribution in [2.45, 2.75) is 51.0 Å². The number of carbonyl (C=O) groups is 1. The van der Waals surface area contributed by atoms with E-state index < -0.39 is 5.41 Å². The van der Waals surface area contributed by atoms with Gasteiger partial charge in [0.25, 0.3) is 0 Å². The second-order valence-corrected chi connectivity index (χ2v) is 8.90. The molecule has 2 aliphatic rings. The largest absolute Gasteiger partial charge is 0.339 e. The third-order valence-corrected chi connectivity index (χ3v) is 7.23. The van der Waals surface area contributed by atoms with Crippen molar-refractivity contribution in [3.8, 4) is 0 Å². The molecule has 150 valence electrons. The highest BCUT2D eigenvalue weighted by atomic mass is 32.1. The molecule has 4 nitrogen and oxygen atoms in total. The summed E-state index contributed by atoms with van der Waals surface area (Å²) in [5.41, 5.74) is 1.45. The molecule has 1 saturated heterocycles. The molecule has 0 radical (unpaired) electrons. The molecule has 0 N–H and O–H groups in total. The Kier molecular flexibility index (Phi) is 5.78. The third-order valence-electron chi connectivity index (χ3n) is 6.19. The van der Waals surface area contributed by atoms with E-state index in [4.69, 9.17) is 0 Å². The predicted molar refractivity (Wildman–Crippen MR) is 110 cm³/mol. The number of benzene rings is 1. The number of piperazine rings is 1. The van der Waals surface area contributed by atoms with Gasteiger partial charge in [0, 0.05) is 38.1 Å². The van der Waals surface area contributed by atoms with E-state index in [0.29, 0.717) is 0 Å². The van der Waals surface area contributed by atoms with Gasteiger partial charge >= 0.3 is 0 Å². The molecule has 0 atom stereocenters. The Morgan fingerprint density at radius 3 is 2.61 bits per heavy atom. The van der Waals surface area contributed by atoms with Crippen molar-refractivity contribution in [1.82, 2.24) is 14.8 Å². The van der Waals surface area contributed by atoms with Gasteiger partial charge in [-0.3, -0.25) is 9.69 Å². The molecule has 28 heavy (non-hydrogen) atoms. The maximum Gasteiger partial charge on any atom is 0.233 e. The van der Waals surface area contributed by atoms with Crippen LogP contribution in [0.1, 0.15) is 48.9 Å². The molecule has 6 heteroatoms. The van der Waals surface area contributed by atoms with Crippen LogP contribution in [0.3, 0.4) is 0 Å². The highest BCUT2D eigenvalue weighted by molar-refractivity contribution is 7.09. The number of carbonyl (C=O) groups excluding carboxylic acids is 1. The second-order valence-electron chi connectivity index (χ2n) is 7.95. The quantitative estimate of drug-likeness (QED) is 0.760. The van der Waals surface area contributed by atoms with E-state index in [2.05, 4.69) is 22.2 Å². The van der Waals surface area contributed by atoms with Crippen LogP contribution in [0.2, 0.25) is 0 Å². The van der Waals surface area contributed by atoms with Gasteiger partial charge in [0.1, 0.15) is 5.82 Å². The molecule has 1 aliphatic heterocycles. The fourth-order valence-electron chi connectivity index (χ4n) is 4.62. The summed E-state index contributed by atoms with van der Waals surface area (Å²) in [6.45, 7) is 6.19. The first-order valence-electron chi connectivity index (χ1n) is 10.3. The Morgan fingerprint density at radius 2 is 1.96 bits per heavy atom. The van der Waals surface area contributed by atoms with Crippen molar-refractivity contribution in [2.24, 2.45) is 0 Å². The molecule has 2 aromatic rings. The van der Waals surface area contributed by atoms with Crippen LogP contribution in [-0.4, -0.2) is 46.9 Å². The van der Waals surface area contributed by atoms with Crippen LogP contribution >= 0.6 is 11.3 Å². The lowest BCUT2D eigenvalue weighted by atomic mass is 9.77. The summed E-state index contributed by atoms with van der Waals surface area (Å²) in [6, 6.07) is 6.68. The number of nitrogens with zero attached hydrogens (tertiary/aromatic N) is 3. The standard InChI is InChI=1S/C22H28FN3OS/c1-2-20-24-19(16-28-20)15-25-10-12-26(13-11-25)21(27)22(8-3-4-9-22)17-6-5-7-18(23)14-17/h5-7,14,16H,2-4,8-13,15H2,1H3. The first kappa shape index (κ1) is 19.5. The highest BCUT2D eigenvalue weighted by Gasteiger charge is 2.45. The Hall–Kier alpha value is -1.79.